The summed E-state index contributed by atoms with van der Waals surface area (Å²) in [7, 11) is 3.18. The second-order valence-electron chi connectivity index (χ2n) is 7.28. The predicted molar refractivity (Wildman–Crippen MR) is 136 cm³/mol. The van der Waals surface area contributed by atoms with E-state index in [1.165, 1.54) is 16.9 Å². The summed E-state index contributed by atoms with van der Waals surface area (Å²) in [6, 6.07) is 13.4. The monoisotopic (exact) mass is 485 g/mol. The standard InChI is InChI=1S/C24H27N3O4S2/c1-5-15(2)16-6-9-18(10-7-16)31-13-22(28)26-23(32)27-24-25-19(14-33-24)17-8-11-20(29-3)21(12-17)30-4/h6-12,14-15H,5,13H2,1-4H3,(H2,25,26,27,28,32). The van der Waals surface area contributed by atoms with Gasteiger partial charge >= 0.3 is 0 Å². The minimum Gasteiger partial charge on any atom is -0.493 e. The van der Waals surface area contributed by atoms with E-state index in [0.29, 0.717) is 28.3 Å². The van der Waals surface area contributed by atoms with Gasteiger partial charge in [0.05, 0.1) is 19.9 Å². The quantitative estimate of drug-likeness (QED) is 0.402. The average Bonchev–Trinajstić information content (AvgIpc) is 3.30. The Morgan fingerprint density at radius 3 is 2.52 bits per heavy atom. The normalized spacial score (nSPS) is 11.4. The third-order valence-corrected chi connectivity index (χ3v) is 6.05. The van der Waals surface area contributed by atoms with Crippen LogP contribution in [0, 0.1) is 0 Å². The number of rotatable bonds is 9. The highest BCUT2D eigenvalue weighted by Crippen LogP contribution is 2.33. The Balaban J connectivity index is 1.51. The van der Waals surface area contributed by atoms with Crippen LogP contribution in [0.4, 0.5) is 5.13 Å². The van der Waals surface area contributed by atoms with E-state index in [0.717, 1.165) is 17.7 Å². The molecule has 0 aliphatic heterocycles. The largest absolute Gasteiger partial charge is 0.493 e. The zero-order chi connectivity index (χ0) is 23.8. The van der Waals surface area contributed by atoms with E-state index in [1.807, 2.05) is 47.8 Å². The SMILES string of the molecule is CCC(C)c1ccc(OCC(=O)NC(=S)Nc2nc(-c3ccc(OC)c(OC)c3)cs2)cc1. The highest BCUT2D eigenvalue weighted by atomic mass is 32.1. The number of thiazole rings is 1. The average molecular weight is 486 g/mol. The van der Waals surface area contributed by atoms with Crippen LogP contribution in [-0.4, -0.2) is 36.8 Å². The van der Waals surface area contributed by atoms with E-state index in [2.05, 4.69) is 29.5 Å². The Kier molecular flexibility index (Phi) is 8.62. The molecular weight excluding hydrogens is 458 g/mol. The fourth-order valence-electron chi connectivity index (χ4n) is 3.03. The van der Waals surface area contributed by atoms with Crippen molar-refractivity contribution in [3.63, 3.8) is 0 Å². The maximum atomic E-state index is 12.2. The molecule has 33 heavy (non-hydrogen) atoms. The number of hydrogen-bond donors (Lipinski definition) is 2. The minimum atomic E-state index is -0.352. The van der Waals surface area contributed by atoms with Crippen LogP contribution in [0.15, 0.2) is 47.8 Å². The molecule has 1 amide bonds. The molecule has 3 aromatic rings. The summed E-state index contributed by atoms with van der Waals surface area (Å²) < 4.78 is 16.2. The lowest BCUT2D eigenvalue weighted by Gasteiger charge is -2.11. The van der Waals surface area contributed by atoms with Gasteiger partial charge in [0, 0.05) is 10.9 Å². The minimum absolute atomic E-state index is 0.140. The van der Waals surface area contributed by atoms with Gasteiger partial charge in [-0.05, 0) is 60.5 Å². The summed E-state index contributed by atoms with van der Waals surface area (Å²) in [6.45, 7) is 4.19. The first kappa shape index (κ1) is 24.5. The van der Waals surface area contributed by atoms with Gasteiger partial charge in [-0.25, -0.2) is 4.98 Å². The third-order valence-electron chi connectivity index (χ3n) is 5.09. The lowest BCUT2D eigenvalue weighted by molar-refractivity contribution is -0.121. The molecule has 0 radical (unpaired) electrons. The Hall–Kier alpha value is -3.17. The Bertz CT molecular complexity index is 1100. The molecule has 1 aromatic heterocycles. The molecule has 2 aromatic carbocycles. The van der Waals surface area contributed by atoms with Crippen molar-refractivity contribution in [2.75, 3.05) is 26.1 Å². The zero-order valence-electron chi connectivity index (χ0n) is 19.0. The Labute approximate surface area is 203 Å². The highest BCUT2D eigenvalue weighted by molar-refractivity contribution is 7.80. The van der Waals surface area contributed by atoms with Gasteiger partial charge in [0.25, 0.3) is 5.91 Å². The molecule has 7 nitrogen and oxygen atoms in total. The van der Waals surface area contributed by atoms with Crippen molar-refractivity contribution in [3.8, 4) is 28.5 Å². The van der Waals surface area contributed by atoms with Crippen molar-refractivity contribution in [1.82, 2.24) is 10.3 Å². The number of nitrogens with one attached hydrogen (secondary N) is 2. The third kappa shape index (κ3) is 6.66. The summed E-state index contributed by atoms with van der Waals surface area (Å²) in [5.74, 6) is 2.04. The summed E-state index contributed by atoms with van der Waals surface area (Å²) >= 11 is 6.61. The first-order valence-electron chi connectivity index (χ1n) is 10.4. The number of amides is 1. The predicted octanol–water partition coefficient (Wildman–Crippen LogP) is 5.23. The zero-order valence-corrected chi connectivity index (χ0v) is 20.6. The molecule has 1 heterocycles. The van der Waals surface area contributed by atoms with Crippen LogP contribution in [0.3, 0.4) is 0 Å². The number of nitrogens with zero attached hydrogens (tertiary/aromatic N) is 1. The smallest absolute Gasteiger partial charge is 0.264 e. The lowest BCUT2D eigenvalue weighted by Crippen LogP contribution is -2.37. The van der Waals surface area contributed by atoms with Gasteiger partial charge in [-0.1, -0.05) is 26.0 Å². The van der Waals surface area contributed by atoms with Crippen LogP contribution in [0.1, 0.15) is 31.7 Å². The van der Waals surface area contributed by atoms with E-state index in [-0.39, 0.29) is 17.6 Å². The molecule has 0 fully saturated rings. The van der Waals surface area contributed by atoms with Gasteiger partial charge in [0.15, 0.2) is 28.3 Å². The number of ether oxygens (including phenoxy) is 3. The van der Waals surface area contributed by atoms with E-state index < -0.39 is 0 Å². The van der Waals surface area contributed by atoms with Gasteiger partial charge < -0.3 is 19.5 Å². The second kappa shape index (κ2) is 11.6. The molecule has 0 saturated carbocycles. The number of thiocarbonyl (C=S) groups is 1. The molecule has 174 valence electrons. The van der Waals surface area contributed by atoms with Gasteiger partial charge in [0.1, 0.15) is 5.75 Å². The number of methoxy groups -OCH3 is 2. The molecule has 0 bridgehead atoms. The van der Waals surface area contributed by atoms with Crippen molar-refractivity contribution in [1.29, 1.82) is 0 Å². The van der Waals surface area contributed by atoms with Gasteiger partial charge in [-0.3, -0.25) is 10.1 Å². The van der Waals surface area contributed by atoms with Crippen LogP contribution in [-0.2, 0) is 4.79 Å². The number of carbonyl (C=O) groups is 1. The molecular formula is C24H27N3O4S2. The fraction of sp³-hybridized carbons (Fsp3) is 0.292. The van der Waals surface area contributed by atoms with Crippen LogP contribution < -0.4 is 24.8 Å². The maximum absolute atomic E-state index is 12.2. The molecule has 1 unspecified atom stereocenters. The summed E-state index contributed by atoms with van der Waals surface area (Å²) in [4.78, 5) is 16.7. The maximum Gasteiger partial charge on any atom is 0.264 e. The molecule has 0 spiro atoms. The van der Waals surface area contributed by atoms with E-state index in [4.69, 9.17) is 26.4 Å². The van der Waals surface area contributed by atoms with Crippen molar-refractivity contribution in [3.05, 3.63) is 53.4 Å². The van der Waals surface area contributed by atoms with Gasteiger partial charge in [-0.15, -0.1) is 11.3 Å². The number of anilines is 1. The topological polar surface area (TPSA) is 81.7 Å². The molecule has 2 N–H and O–H groups in total. The molecule has 9 heteroatoms. The number of aromatic nitrogens is 1. The van der Waals surface area contributed by atoms with Crippen molar-refractivity contribution in [2.24, 2.45) is 0 Å². The fourth-order valence-corrected chi connectivity index (χ4v) is 4.03. The first-order valence-corrected chi connectivity index (χ1v) is 11.7. The van der Waals surface area contributed by atoms with Crippen molar-refractivity contribution < 1.29 is 19.0 Å². The summed E-state index contributed by atoms with van der Waals surface area (Å²) in [5, 5.41) is 8.15. The molecule has 3 rings (SSSR count). The van der Waals surface area contributed by atoms with E-state index in [9.17, 15) is 4.79 Å². The van der Waals surface area contributed by atoms with Crippen molar-refractivity contribution >= 4 is 39.7 Å². The summed E-state index contributed by atoms with van der Waals surface area (Å²) in [6.07, 6.45) is 1.07. The van der Waals surface area contributed by atoms with Gasteiger partial charge in [-0.2, -0.15) is 0 Å². The van der Waals surface area contributed by atoms with Crippen LogP contribution >= 0.6 is 23.6 Å². The first-order chi connectivity index (χ1) is 15.9. The lowest BCUT2D eigenvalue weighted by atomic mass is 9.99. The number of benzene rings is 2. The molecule has 0 aliphatic carbocycles. The van der Waals surface area contributed by atoms with Crippen LogP contribution in [0.25, 0.3) is 11.3 Å². The van der Waals surface area contributed by atoms with Crippen LogP contribution in [0.5, 0.6) is 17.2 Å². The van der Waals surface area contributed by atoms with Crippen LogP contribution in [0.2, 0.25) is 0 Å². The number of hydrogen-bond acceptors (Lipinski definition) is 7. The summed E-state index contributed by atoms with van der Waals surface area (Å²) in [5.41, 5.74) is 2.87. The molecule has 0 saturated heterocycles. The Morgan fingerprint density at radius 1 is 1.12 bits per heavy atom. The molecule has 1 atom stereocenters. The second-order valence-corrected chi connectivity index (χ2v) is 8.54. The van der Waals surface area contributed by atoms with Gasteiger partial charge in [0.2, 0.25) is 0 Å². The number of carbonyl (C=O) groups excluding carboxylic acids is 1. The van der Waals surface area contributed by atoms with E-state index in [1.54, 1.807) is 14.2 Å². The van der Waals surface area contributed by atoms with Crippen molar-refractivity contribution in [2.45, 2.75) is 26.2 Å². The Morgan fingerprint density at radius 2 is 1.85 bits per heavy atom. The molecule has 0 aliphatic rings. The highest BCUT2D eigenvalue weighted by Gasteiger charge is 2.12. The van der Waals surface area contributed by atoms with E-state index >= 15 is 0 Å².